The van der Waals surface area contributed by atoms with E-state index in [0.717, 1.165) is 21.5 Å². The summed E-state index contributed by atoms with van der Waals surface area (Å²) in [6.45, 7) is 5.68. The van der Waals surface area contributed by atoms with Crippen LogP contribution >= 0.6 is 0 Å². The molecular weight excluding hydrogens is 452 g/mol. The van der Waals surface area contributed by atoms with Gasteiger partial charge in [-0.25, -0.2) is 9.59 Å². The maximum atomic E-state index is 12.0. The molecule has 0 saturated carbocycles. The van der Waals surface area contributed by atoms with E-state index >= 15 is 0 Å². The number of aromatic nitrogens is 8. The maximum Gasteiger partial charge on any atom is 0.454 e. The molecule has 35 heavy (non-hydrogen) atoms. The van der Waals surface area contributed by atoms with E-state index in [0.29, 0.717) is 17.9 Å². The van der Waals surface area contributed by atoms with Gasteiger partial charge in [-0.3, -0.25) is 0 Å². The maximum absolute atomic E-state index is 12.0. The first-order chi connectivity index (χ1) is 16.7. The molecule has 180 valence electrons. The van der Waals surface area contributed by atoms with Crippen molar-refractivity contribution in [3.05, 3.63) is 71.3 Å². The Kier molecular flexibility index (Phi) is 6.62. The van der Waals surface area contributed by atoms with E-state index in [1.807, 2.05) is 36.4 Å². The van der Waals surface area contributed by atoms with Crippen LogP contribution in [-0.2, 0) is 22.4 Å². The van der Waals surface area contributed by atoms with Gasteiger partial charge in [0.15, 0.2) is 11.6 Å². The Hall–Kier alpha value is -4.48. The summed E-state index contributed by atoms with van der Waals surface area (Å²) in [5.74, 6) is 0.309. The molecule has 0 spiro atoms. The SMILES string of the molecule is COC(=O)c1ccc(-c2ccc(Cn3nnc(Cc4nnn(C(=O)OC(C)(C)C)n4)n3)cc2)cc1. The molecule has 0 aliphatic rings. The molecule has 0 N–H and O–H groups in total. The van der Waals surface area contributed by atoms with E-state index < -0.39 is 11.7 Å². The smallest absolute Gasteiger partial charge is 0.454 e. The summed E-state index contributed by atoms with van der Waals surface area (Å²) in [4.78, 5) is 25.9. The Morgan fingerprint density at radius 3 is 2.09 bits per heavy atom. The number of hydrogen-bond acceptors (Lipinski definition) is 10. The summed E-state index contributed by atoms with van der Waals surface area (Å²) in [6.07, 6.45) is -0.542. The minimum Gasteiger partial charge on any atom is -0.465 e. The van der Waals surface area contributed by atoms with Crippen LogP contribution in [0.4, 0.5) is 4.79 Å². The molecule has 0 radical (unpaired) electrons. The molecule has 4 aromatic rings. The molecule has 0 aliphatic carbocycles. The van der Waals surface area contributed by atoms with Crippen molar-refractivity contribution in [1.29, 1.82) is 0 Å². The number of carbonyl (C=O) groups excluding carboxylic acids is 2. The highest BCUT2D eigenvalue weighted by Crippen LogP contribution is 2.21. The standard InChI is InChI=1S/C23H24N8O4/c1-23(2,3)35-22(33)31-27-20(25-29-31)13-19-24-28-30(26-19)14-15-5-7-16(8-6-15)17-9-11-18(12-10-17)21(32)34-4/h5-12H,13-14H2,1-4H3. The number of ether oxygens (including phenoxy) is 2. The van der Waals surface area contributed by atoms with E-state index in [4.69, 9.17) is 9.47 Å². The lowest BCUT2D eigenvalue weighted by Crippen LogP contribution is -2.28. The fraction of sp³-hybridized carbons (Fsp3) is 0.304. The van der Waals surface area contributed by atoms with Gasteiger partial charge in [0.2, 0.25) is 0 Å². The first-order valence-electron chi connectivity index (χ1n) is 10.8. The number of benzene rings is 2. The summed E-state index contributed by atoms with van der Waals surface area (Å²) in [5.41, 5.74) is 2.82. The largest absolute Gasteiger partial charge is 0.465 e. The molecule has 0 bridgehead atoms. The van der Waals surface area contributed by atoms with Gasteiger partial charge in [-0.05, 0) is 60.0 Å². The molecule has 0 saturated heterocycles. The molecule has 4 rings (SSSR count). The summed E-state index contributed by atoms with van der Waals surface area (Å²) >= 11 is 0. The lowest BCUT2D eigenvalue weighted by molar-refractivity contribution is 0.0484. The molecule has 2 heterocycles. The van der Waals surface area contributed by atoms with Crippen LogP contribution in [0.2, 0.25) is 0 Å². The highest BCUT2D eigenvalue weighted by atomic mass is 16.6. The normalized spacial score (nSPS) is 11.3. The predicted octanol–water partition coefficient (Wildman–Crippen LogP) is 2.54. The Labute approximate surface area is 200 Å². The lowest BCUT2D eigenvalue weighted by atomic mass is 10.0. The molecular formula is C23H24N8O4. The Balaban J connectivity index is 1.36. The van der Waals surface area contributed by atoms with Gasteiger partial charge in [0, 0.05) is 0 Å². The molecule has 0 fully saturated rings. The quantitative estimate of drug-likeness (QED) is 0.381. The van der Waals surface area contributed by atoms with E-state index in [1.165, 1.54) is 11.9 Å². The predicted molar refractivity (Wildman–Crippen MR) is 122 cm³/mol. The fourth-order valence-corrected chi connectivity index (χ4v) is 3.13. The van der Waals surface area contributed by atoms with Gasteiger partial charge >= 0.3 is 12.1 Å². The van der Waals surface area contributed by atoms with Crippen LogP contribution in [0.25, 0.3) is 11.1 Å². The van der Waals surface area contributed by atoms with Crippen molar-refractivity contribution in [2.45, 2.75) is 39.3 Å². The zero-order valence-corrected chi connectivity index (χ0v) is 19.7. The third kappa shape index (κ3) is 6.10. The average molecular weight is 476 g/mol. The topological polar surface area (TPSA) is 140 Å². The van der Waals surface area contributed by atoms with E-state index in [-0.39, 0.29) is 18.2 Å². The summed E-state index contributed by atoms with van der Waals surface area (Å²) < 4.78 is 9.93. The Morgan fingerprint density at radius 2 is 1.46 bits per heavy atom. The number of rotatable bonds is 6. The second kappa shape index (κ2) is 9.79. The number of nitrogens with zero attached hydrogens (tertiary/aromatic N) is 8. The third-order valence-electron chi connectivity index (χ3n) is 4.74. The van der Waals surface area contributed by atoms with E-state index in [1.54, 1.807) is 32.9 Å². The minimum atomic E-state index is -0.712. The van der Waals surface area contributed by atoms with Crippen molar-refractivity contribution in [2.75, 3.05) is 7.11 Å². The monoisotopic (exact) mass is 476 g/mol. The van der Waals surface area contributed by atoms with Gasteiger partial charge in [-0.15, -0.1) is 20.4 Å². The summed E-state index contributed by atoms with van der Waals surface area (Å²) in [6, 6.07) is 15.1. The average Bonchev–Trinajstić information content (AvgIpc) is 3.48. The molecule has 12 heteroatoms. The van der Waals surface area contributed by atoms with Crippen LogP contribution in [-0.4, -0.2) is 65.2 Å². The van der Waals surface area contributed by atoms with Crippen LogP contribution in [0.5, 0.6) is 0 Å². The van der Waals surface area contributed by atoms with E-state index in [9.17, 15) is 9.59 Å². The van der Waals surface area contributed by atoms with Gasteiger partial charge in [0.1, 0.15) is 5.60 Å². The summed E-state index contributed by atoms with van der Waals surface area (Å²) in [5, 5.41) is 24.0. The molecule has 0 atom stereocenters. The highest BCUT2D eigenvalue weighted by Gasteiger charge is 2.20. The van der Waals surface area contributed by atoms with Crippen molar-refractivity contribution in [3.63, 3.8) is 0 Å². The zero-order chi connectivity index (χ0) is 25.0. The van der Waals surface area contributed by atoms with Crippen molar-refractivity contribution in [1.82, 2.24) is 40.4 Å². The van der Waals surface area contributed by atoms with Gasteiger partial charge in [0.25, 0.3) is 0 Å². The van der Waals surface area contributed by atoms with Crippen LogP contribution in [0.15, 0.2) is 48.5 Å². The highest BCUT2D eigenvalue weighted by molar-refractivity contribution is 5.89. The fourth-order valence-electron chi connectivity index (χ4n) is 3.13. The number of carbonyl (C=O) groups is 2. The van der Waals surface area contributed by atoms with Crippen LogP contribution in [0.3, 0.4) is 0 Å². The number of tetrazole rings is 2. The van der Waals surface area contributed by atoms with Crippen molar-refractivity contribution in [3.8, 4) is 11.1 Å². The van der Waals surface area contributed by atoms with Crippen LogP contribution in [0.1, 0.15) is 48.3 Å². The van der Waals surface area contributed by atoms with Gasteiger partial charge in [-0.1, -0.05) is 41.2 Å². The molecule has 2 aromatic carbocycles. The first-order valence-corrected chi connectivity index (χ1v) is 10.8. The van der Waals surface area contributed by atoms with Crippen molar-refractivity contribution in [2.24, 2.45) is 0 Å². The van der Waals surface area contributed by atoms with Gasteiger partial charge in [-0.2, -0.15) is 4.80 Å². The lowest BCUT2D eigenvalue weighted by Gasteiger charge is -2.17. The number of esters is 1. The number of hydrogen-bond donors (Lipinski definition) is 0. The van der Waals surface area contributed by atoms with Crippen LogP contribution in [0, 0.1) is 0 Å². The van der Waals surface area contributed by atoms with Crippen LogP contribution < -0.4 is 0 Å². The third-order valence-corrected chi connectivity index (χ3v) is 4.74. The molecule has 0 amide bonds. The van der Waals surface area contributed by atoms with Gasteiger partial charge in [0.05, 0.1) is 25.6 Å². The molecule has 0 unspecified atom stereocenters. The van der Waals surface area contributed by atoms with Crippen molar-refractivity contribution >= 4 is 12.1 Å². The Morgan fingerprint density at radius 1 is 0.857 bits per heavy atom. The minimum absolute atomic E-state index is 0.170. The zero-order valence-electron chi connectivity index (χ0n) is 19.7. The molecule has 2 aromatic heterocycles. The Bertz CT molecular complexity index is 1320. The van der Waals surface area contributed by atoms with Crippen molar-refractivity contribution < 1.29 is 19.1 Å². The molecule has 0 aliphatic heterocycles. The van der Waals surface area contributed by atoms with E-state index in [2.05, 4.69) is 30.8 Å². The number of methoxy groups -OCH3 is 1. The molecule has 12 nitrogen and oxygen atoms in total. The second-order valence-electron chi connectivity index (χ2n) is 8.65. The first kappa shape index (κ1) is 23.7. The second-order valence-corrected chi connectivity index (χ2v) is 8.65. The van der Waals surface area contributed by atoms with Gasteiger partial charge < -0.3 is 9.47 Å². The summed E-state index contributed by atoms with van der Waals surface area (Å²) in [7, 11) is 1.36.